The Morgan fingerprint density at radius 1 is 1.17 bits per heavy atom. The van der Waals surface area contributed by atoms with Crippen LogP contribution in [0.2, 0.25) is 0 Å². The van der Waals surface area contributed by atoms with E-state index in [0.717, 1.165) is 37.8 Å². The van der Waals surface area contributed by atoms with Gasteiger partial charge in [-0.3, -0.25) is 4.79 Å². The van der Waals surface area contributed by atoms with Gasteiger partial charge >= 0.3 is 6.18 Å². The molecule has 1 aromatic rings. The molecular weight excluding hydrogens is 319 g/mol. The molecule has 1 aliphatic carbocycles. The van der Waals surface area contributed by atoms with Crippen LogP contribution in [0.4, 0.5) is 13.2 Å². The number of amides is 1. The highest BCUT2D eigenvalue weighted by Gasteiger charge is 2.29. The Hall–Kier alpha value is -1.56. The van der Waals surface area contributed by atoms with Gasteiger partial charge < -0.3 is 10.4 Å². The summed E-state index contributed by atoms with van der Waals surface area (Å²) in [5, 5.41) is 12.8. The number of benzene rings is 1. The lowest BCUT2D eigenvalue weighted by atomic mass is 9.85. The van der Waals surface area contributed by atoms with Crippen LogP contribution in [-0.2, 0) is 17.4 Å². The Kier molecular flexibility index (Phi) is 6.66. The van der Waals surface area contributed by atoms with E-state index >= 15 is 0 Å². The highest BCUT2D eigenvalue weighted by atomic mass is 19.4. The molecule has 3 nitrogen and oxygen atoms in total. The predicted octanol–water partition coefficient (Wildman–Crippen LogP) is 3.70. The average Bonchev–Trinajstić information content (AvgIpc) is 2.58. The molecule has 24 heavy (non-hydrogen) atoms. The van der Waals surface area contributed by atoms with Crippen LogP contribution in [0.1, 0.15) is 49.7 Å². The lowest BCUT2D eigenvalue weighted by Gasteiger charge is -2.26. The smallest absolute Gasteiger partial charge is 0.391 e. The summed E-state index contributed by atoms with van der Waals surface area (Å²) in [5.41, 5.74) is -0.00251. The zero-order valence-corrected chi connectivity index (χ0v) is 13.6. The molecule has 0 saturated heterocycles. The maximum Gasteiger partial charge on any atom is 0.416 e. The van der Waals surface area contributed by atoms with E-state index in [1.807, 2.05) is 0 Å². The van der Waals surface area contributed by atoms with Crippen LogP contribution in [-0.4, -0.2) is 23.7 Å². The van der Waals surface area contributed by atoms with Crippen molar-refractivity contribution in [3.63, 3.8) is 0 Å². The molecule has 1 fully saturated rings. The summed E-state index contributed by atoms with van der Waals surface area (Å²) in [6.07, 6.45) is 1.19. The van der Waals surface area contributed by atoms with Gasteiger partial charge in [-0.2, -0.15) is 13.2 Å². The second kappa shape index (κ2) is 8.51. The monoisotopic (exact) mass is 343 g/mol. The molecule has 1 saturated carbocycles. The Labute approximate surface area is 140 Å². The minimum Gasteiger partial charge on any atom is -0.391 e. The number of aryl methyl sites for hydroxylation is 1. The first-order valence-electron chi connectivity index (χ1n) is 8.47. The van der Waals surface area contributed by atoms with Gasteiger partial charge in [0, 0.05) is 13.0 Å². The van der Waals surface area contributed by atoms with Gasteiger partial charge in [-0.15, -0.1) is 0 Å². The summed E-state index contributed by atoms with van der Waals surface area (Å²) in [7, 11) is 0. The number of rotatable bonds is 6. The van der Waals surface area contributed by atoms with Crippen molar-refractivity contribution in [1.29, 1.82) is 0 Å². The van der Waals surface area contributed by atoms with Crippen molar-refractivity contribution in [2.24, 2.45) is 5.92 Å². The minimum absolute atomic E-state index is 0.190. The topological polar surface area (TPSA) is 49.3 Å². The van der Waals surface area contributed by atoms with Gasteiger partial charge in [0.2, 0.25) is 5.91 Å². The summed E-state index contributed by atoms with van der Waals surface area (Å²) in [6.45, 7) is 0.247. The molecule has 134 valence electrons. The van der Waals surface area contributed by atoms with Gasteiger partial charge in [0.1, 0.15) is 0 Å². The fraction of sp³-hybridized carbons (Fsp3) is 0.611. The molecule has 0 aromatic heterocycles. The van der Waals surface area contributed by atoms with Gasteiger partial charge in [0.15, 0.2) is 0 Å². The number of halogens is 3. The van der Waals surface area contributed by atoms with Crippen LogP contribution in [0.15, 0.2) is 24.3 Å². The number of hydrogen-bond acceptors (Lipinski definition) is 2. The fourth-order valence-corrected chi connectivity index (χ4v) is 3.11. The van der Waals surface area contributed by atoms with Crippen LogP contribution in [0, 0.1) is 5.92 Å². The van der Waals surface area contributed by atoms with E-state index < -0.39 is 17.8 Å². The van der Waals surface area contributed by atoms with E-state index in [1.54, 1.807) is 0 Å². The van der Waals surface area contributed by atoms with Crippen LogP contribution in [0.25, 0.3) is 0 Å². The Balaban J connectivity index is 1.71. The predicted molar refractivity (Wildman–Crippen MR) is 85.4 cm³/mol. The number of nitrogens with one attached hydrogen (secondary N) is 1. The van der Waals surface area contributed by atoms with E-state index in [9.17, 15) is 23.1 Å². The van der Waals surface area contributed by atoms with Gasteiger partial charge in [-0.25, -0.2) is 0 Å². The zero-order chi connectivity index (χ0) is 17.6. The highest BCUT2D eigenvalue weighted by Crippen LogP contribution is 2.29. The molecule has 0 spiro atoms. The molecule has 1 atom stereocenters. The van der Waals surface area contributed by atoms with Crippen molar-refractivity contribution < 1.29 is 23.1 Å². The molecule has 1 aliphatic rings. The largest absolute Gasteiger partial charge is 0.416 e. The second-order valence-corrected chi connectivity index (χ2v) is 6.46. The van der Waals surface area contributed by atoms with Crippen molar-refractivity contribution in [2.75, 3.05) is 6.54 Å². The number of carbonyl (C=O) groups excluding carboxylic acids is 1. The number of aliphatic hydroxyl groups excluding tert-OH is 1. The third-order valence-corrected chi connectivity index (χ3v) is 4.62. The van der Waals surface area contributed by atoms with Gasteiger partial charge in [0.05, 0.1) is 11.7 Å². The van der Waals surface area contributed by atoms with E-state index in [1.165, 1.54) is 18.6 Å². The lowest BCUT2D eigenvalue weighted by Crippen LogP contribution is -2.37. The highest BCUT2D eigenvalue weighted by molar-refractivity contribution is 5.76. The first kappa shape index (κ1) is 18.8. The molecule has 0 bridgehead atoms. The van der Waals surface area contributed by atoms with Gasteiger partial charge in [-0.05, 0) is 42.9 Å². The van der Waals surface area contributed by atoms with E-state index in [0.29, 0.717) is 12.0 Å². The van der Waals surface area contributed by atoms with Crippen molar-refractivity contribution in [1.82, 2.24) is 5.32 Å². The first-order valence-corrected chi connectivity index (χ1v) is 8.47. The number of alkyl halides is 3. The third-order valence-electron chi connectivity index (χ3n) is 4.62. The van der Waals surface area contributed by atoms with Crippen LogP contribution < -0.4 is 5.32 Å². The molecule has 0 heterocycles. The molecule has 2 rings (SSSR count). The molecule has 0 radical (unpaired) electrons. The van der Waals surface area contributed by atoms with E-state index in [-0.39, 0.29) is 24.8 Å². The van der Waals surface area contributed by atoms with E-state index in [2.05, 4.69) is 5.32 Å². The molecule has 2 N–H and O–H groups in total. The van der Waals surface area contributed by atoms with Gasteiger partial charge in [0.25, 0.3) is 0 Å². The van der Waals surface area contributed by atoms with Crippen LogP contribution in [0.5, 0.6) is 0 Å². The van der Waals surface area contributed by atoms with E-state index in [4.69, 9.17) is 0 Å². The minimum atomic E-state index is -4.34. The standard InChI is InChI=1S/C18H24F3NO2/c19-18(20,21)15-9-6-13(7-10-15)8-11-17(24)22-12-16(23)14-4-2-1-3-5-14/h6-7,9-10,14,16,23H,1-5,8,11-12H2,(H,22,24). The van der Waals surface area contributed by atoms with Crippen molar-refractivity contribution in [3.05, 3.63) is 35.4 Å². The first-order chi connectivity index (χ1) is 11.4. The van der Waals surface area contributed by atoms with Crippen molar-refractivity contribution in [2.45, 2.75) is 57.2 Å². The SMILES string of the molecule is O=C(CCc1ccc(C(F)(F)F)cc1)NCC(O)C1CCCCC1. The number of hydrogen-bond donors (Lipinski definition) is 2. The molecule has 1 amide bonds. The number of aliphatic hydroxyl groups is 1. The fourth-order valence-electron chi connectivity index (χ4n) is 3.11. The Morgan fingerprint density at radius 2 is 1.79 bits per heavy atom. The summed E-state index contributed by atoms with van der Waals surface area (Å²) >= 11 is 0. The molecule has 6 heteroatoms. The maximum absolute atomic E-state index is 12.5. The molecule has 1 aromatic carbocycles. The maximum atomic E-state index is 12.5. The van der Waals surface area contributed by atoms with Crippen LogP contribution >= 0.6 is 0 Å². The Morgan fingerprint density at radius 3 is 2.38 bits per heavy atom. The quantitative estimate of drug-likeness (QED) is 0.827. The third kappa shape index (κ3) is 5.82. The lowest BCUT2D eigenvalue weighted by molar-refractivity contribution is -0.137. The average molecular weight is 343 g/mol. The molecular formula is C18H24F3NO2. The Bertz CT molecular complexity index is 522. The summed E-state index contributed by atoms with van der Waals surface area (Å²) < 4.78 is 37.4. The van der Waals surface area contributed by atoms with Crippen molar-refractivity contribution in [3.8, 4) is 0 Å². The van der Waals surface area contributed by atoms with Crippen LogP contribution in [0.3, 0.4) is 0 Å². The second-order valence-electron chi connectivity index (χ2n) is 6.46. The summed E-state index contributed by atoms with van der Waals surface area (Å²) in [5.74, 6) is 0.0683. The summed E-state index contributed by atoms with van der Waals surface area (Å²) in [6, 6.07) is 4.85. The molecule has 0 aliphatic heterocycles. The van der Waals surface area contributed by atoms with Gasteiger partial charge in [-0.1, -0.05) is 31.4 Å². The molecule has 1 unspecified atom stereocenters. The zero-order valence-electron chi connectivity index (χ0n) is 13.6. The van der Waals surface area contributed by atoms with Crippen molar-refractivity contribution >= 4 is 5.91 Å². The summed E-state index contributed by atoms with van der Waals surface area (Å²) in [4.78, 5) is 11.8. The number of carbonyl (C=O) groups is 1. The normalized spacial score (nSPS) is 17.5.